The second-order valence-electron chi connectivity index (χ2n) is 5.73. The summed E-state index contributed by atoms with van der Waals surface area (Å²) in [5.74, 6) is -1.66. The Kier molecular flexibility index (Phi) is 5.98. The summed E-state index contributed by atoms with van der Waals surface area (Å²) in [5.41, 5.74) is 0.620. The van der Waals surface area contributed by atoms with E-state index >= 15 is 0 Å². The Morgan fingerprint density at radius 3 is 2.64 bits per heavy atom. The fourth-order valence-electron chi connectivity index (χ4n) is 2.53. The number of thioether (sulfide) groups is 1. The van der Waals surface area contributed by atoms with Crippen LogP contribution in [0.5, 0.6) is 5.75 Å². The summed E-state index contributed by atoms with van der Waals surface area (Å²) >= 11 is 13.2. The summed E-state index contributed by atoms with van der Waals surface area (Å²) in [4.78, 5) is 30.3. The van der Waals surface area contributed by atoms with Crippen LogP contribution >= 0.6 is 35.0 Å². The molecule has 1 amide bonds. The van der Waals surface area contributed by atoms with Gasteiger partial charge in [0.25, 0.3) is 5.91 Å². The van der Waals surface area contributed by atoms with Crippen molar-refractivity contribution < 1.29 is 19.8 Å². The second kappa shape index (κ2) is 8.26. The highest BCUT2D eigenvalue weighted by atomic mass is 35.5. The standard InChI is InChI=1S/C19H14Cl2N2O4S/c1-2-23-17(25)16(7-10-3-4-11(20)8-14(10)21)28-19(23)22-15-6-5-12(24)9-13(15)18(26)27/h3-9,24H,2H2,1H3,(H,26,27)/b16-7-,22-19?. The van der Waals surface area contributed by atoms with Crippen molar-refractivity contribution in [2.24, 2.45) is 4.99 Å². The summed E-state index contributed by atoms with van der Waals surface area (Å²) < 4.78 is 0. The molecule has 2 aromatic rings. The number of rotatable bonds is 4. The van der Waals surface area contributed by atoms with Gasteiger partial charge in [0.1, 0.15) is 5.75 Å². The highest BCUT2D eigenvalue weighted by molar-refractivity contribution is 8.18. The molecule has 2 aromatic carbocycles. The minimum atomic E-state index is -1.23. The maximum atomic E-state index is 12.7. The van der Waals surface area contributed by atoms with E-state index in [1.54, 1.807) is 31.2 Å². The van der Waals surface area contributed by atoms with E-state index < -0.39 is 5.97 Å². The first-order valence-corrected chi connectivity index (χ1v) is 9.69. The maximum Gasteiger partial charge on any atom is 0.338 e. The van der Waals surface area contributed by atoms with E-state index in [9.17, 15) is 19.8 Å². The molecule has 1 aliphatic heterocycles. The summed E-state index contributed by atoms with van der Waals surface area (Å²) in [6, 6.07) is 8.81. The van der Waals surface area contributed by atoms with Crippen molar-refractivity contribution in [1.82, 2.24) is 4.90 Å². The lowest BCUT2D eigenvalue weighted by molar-refractivity contribution is -0.122. The zero-order valence-corrected chi connectivity index (χ0v) is 16.8. The maximum absolute atomic E-state index is 12.7. The zero-order chi connectivity index (χ0) is 20.4. The molecule has 28 heavy (non-hydrogen) atoms. The molecule has 9 heteroatoms. The van der Waals surface area contributed by atoms with Crippen molar-refractivity contribution in [1.29, 1.82) is 0 Å². The van der Waals surface area contributed by atoms with E-state index in [1.807, 2.05) is 0 Å². The number of aromatic carboxylic acids is 1. The number of amidine groups is 1. The number of aliphatic imine (C=N–C) groups is 1. The van der Waals surface area contributed by atoms with Gasteiger partial charge in [0.2, 0.25) is 0 Å². The molecule has 1 aliphatic rings. The van der Waals surface area contributed by atoms with Crippen molar-refractivity contribution in [3.63, 3.8) is 0 Å². The van der Waals surface area contributed by atoms with E-state index in [1.165, 1.54) is 17.0 Å². The van der Waals surface area contributed by atoms with Crippen LogP contribution in [0.25, 0.3) is 6.08 Å². The third-order valence-corrected chi connectivity index (χ3v) is 5.45. The van der Waals surface area contributed by atoms with Gasteiger partial charge in [-0.1, -0.05) is 29.3 Å². The number of carbonyl (C=O) groups is 2. The minimum absolute atomic E-state index is 0.143. The number of phenolic OH excluding ortho intramolecular Hbond substituents is 1. The molecule has 144 valence electrons. The van der Waals surface area contributed by atoms with Crippen LogP contribution < -0.4 is 0 Å². The number of hydrogen-bond donors (Lipinski definition) is 2. The molecule has 0 radical (unpaired) electrons. The fourth-order valence-corrected chi connectivity index (χ4v) is 4.04. The van der Waals surface area contributed by atoms with Gasteiger partial charge in [-0.2, -0.15) is 0 Å². The largest absolute Gasteiger partial charge is 0.508 e. The molecule has 1 saturated heterocycles. The Morgan fingerprint density at radius 2 is 2.00 bits per heavy atom. The van der Waals surface area contributed by atoms with E-state index in [4.69, 9.17) is 23.2 Å². The molecule has 0 spiro atoms. The molecule has 0 bridgehead atoms. The van der Waals surface area contributed by atoms with Gasteiger partial charge in [-0.15, -0.1) is 0 Å². The van der Waals surface area contributed by atoms with Gasteiger partial charge in [0.15, 0.2) is 5.17 Å². The number of phenols is 1. The average Bonchev–Trinajstić information content (AvgIpc) is 2.93. The molecule has 3 rings (SSSR count). The van der Waals surface area contributed by atoms with E-state index in [0.717, 1.165) is 17.8 Å². The van der Waals surface area contributed by atoms with Crippen LogP contribution in [-0.4, -0.2) is 38.7 Å². The first-order chi connectivity index (χ1) is 13.3. The predicted molar refractivity (Wildman–Crippen MR) is 112 cm³/mol. The summed E-state index contributed by atoms with van der Waals surface area (Å²) in [7, 11) is 0. The highest BCUT2D eigenvalue weighted by Crippen LogP contribution is 2.36. The normalized spacial score (nSPS) is 17.0. The number of aromatic hydroxyl groups is 1. The van der Waals surface area contributed by atoms with Crippen molar-refractivity contribution in [2.75, 3.05) is 6.54 Å². The van der Waals surface area contributed by atoms with Crippen LogP contribution in [0, 0.1) is 0 Å². The van der Waals surface area contributed by atoms with Crippen molar-refractivity contribution >= 4 is 63.8 Å². The van der Waals surface area contributed by atoms with Crippen LogP contribution in [0.15, 0.2) is 46.3 Å². The van der Waals surface area contributed by atoms with Crippen LogP contribution in [0.2, 0.25) is 10.0 Å². The van der Waals surface area contributed by atoms with E-state index in [-0.39, 0.29) is 22.9 Å². The lowest BCUT2D eigenvalue weighted by Gasteiger charge is -2.12. The Bertz CT molecular complexity index is 1040. The van der Waals surface area contributed by atoms with Crippen molar-refractivity contribution in [3.05, 3.63) is 62.5 Å². The number of carboxylic acid groups (broad SMARTS) is 1. The van der Waals surface area contributed by atoms with Gasteiger partial charge in [0, 0.05) is 16.6 Å². The molecule has 1 heterocycles. The quantitative estimate of drug-likeness (QED) is 0.656. The highest BCUT2D eigenvalue weighted by Gasteiger charge is 2.32. The average molecular weight is 437 g/mol. The molecule has 1 fully saturated rings. The Labute approximate surface area is 175 Å². The van der Waals surface area contributed by atoms with Crippen LogP contribution in [-0.2, 0) is 4.79 Å². The van der Waals surface area contributed by atoms with E-state index in [2.05, 4.69) is 4.99 Å². The third kappa shape index (κ3) is 4.16. The number of likely N-dealkylation sites (N-methyl/N-ethyl adjacent to an activating group) is 1. The van der Waals surface area contributed by atoms with Gasteiger partial charge >= 0.3 is 5.97 Å². The Balaban J connectivity index is 2.02. The van der Waals surface area contributed by atoms with Gasteiger partial charge in [-0.3, -0.25) is 9.69 Å². The van der Waals surface area contributed by atoms with Gasteiger partial charge < -0.3 is 10.2 Å². The molecule has 0 aliphatic carbocycles. The number of benzene rings is 2. The summed E-state index contributed by atoms with van der Waals surface area (Å²) in [6.45, 7) is 2.15. The van der Waals surface area contributed by atoms with Crippen LogP contribution in [0.1, 0.15) is 22.8 Å². The number of nitrogens with zero attached hydrogens (tertiary/aromatic N) is 2. The molecule has 0 aromatic heterocycles. The first kappa shape index (κ1) is 20.3. The number of carboxylic acids is 1. The van der Waals surface area contributed by atoms with E-state index in [0.29, 0.717) is 32.2 Å². The van der Waals surface area contributed by atoms with Gasteiger partial charge in [-0.05, 0) is 60.7 Å². The van der Waals surface area contributed by atoms with Crippen molar-refractivity contribution in [2.45, 2.75) is 6.92 Å². The summed E-state index contributed by atoms with van der Waals surface area (Å²) in [5, 5.41) is 20.1. The Morgan fingerprint density at radius 1 is 1.25 bits per heavy atom. The second-order valence-corrected chi connectivity index (χ2v) is 7.58. The number of halogens is 2. The molecular weight excluding hydrogens is 423 g/mol. The lowest BCUT2D eigenvalue weighted by Crippen LogP contribution is -2.28. The number of hydrogen-bond acceptors (Lipinski definition) is 5. The molecule has 6 nitrogen and oxygen atoms in total. The minimum Gasteiger partial charge on any atom is -0.508 e. The smallest absolute Gasteiger partial charge is 0.338 e. The molecule has 0 atom stereocenters. The molecule has 0 unspecified atom stereocenters. The molecule has 2 N–H and O–H groups in total. The monoisotopic (exact) mass is 436 g/mol. The molecular formula is C19H14Cl2N2O4S. The number of carbonyl (C=O) groups excluding carboxylic acids is 1. The van der Waals surface area contributed by atoms with Gasteiger partial charge in [0.05, 0.1) is 16.2 Å². The zero-order valence-electron chi connectivity index (χ0n) is 14.5. The van der Waals surface area contributed by atoms with Crippen LogP contribution in [0.4, 0.5) is 5.69 Å². The lowest BCUT2D eigenvalue weighted by atomic mass is 10.2. The molecule has 0 saturated carbocycles. The van der Waals surface area contributed by atoms with Crippen molar-refractivity contribution in [3.8, 4) is 5.75 Å². The fraction of sp³-hybridized carbons (Fsp3) is 0.105. The number of amides is 1. The predicted octanol–water partition coefficient (Wildman–Crippen LogP) is 5.02. The summed E-state index contributed by atoms with van der Waals surface area (Å²) in [6.07, 6.45) is 1.64. The van der Waals surface area contributed by atoms with Crippen LogP contribution in [0.3, 0.4) is 0 Å². The van der Waals surface area contributed by atoms with Gasteiger partial charge in [-0.25, -0.2) is 9.79 Å². The Hall–Kier alpha value is -2.48. The first-order valence-electron chi connectivity index (χ1n) is 8.11. The SMILES string of the molecule is CCN1C(=O)/C(=C/c2ccc(Cl)cc2Cl)SC1=Nc1ccc(O)cc1C(=O)O. The third-order valence-electron chi connectivity index (χ3n) is 3.88. The topological polar surface area (TPSA) is 90.2 Å².